The number of hydrogen-bond donors (Lipinski definition) is 3. The van der Waals surface area contributed by atoms with Crippen LogP contribution in [0.2, 0.25) is 0 Å². The summed E-state index contributed by atoms with van der Waals surface area (Å²) in [6.07, 6.45) is 3.19. The second-order valence-electron chi connectivity index (χ2n) is 2.87. The molecule has 15 heavy (non-hydrogen) atoms. The number of nitrogens with one attached hydrogen (secondary N) is 2. The van der Waals surface area contributed by atoms with Gasteiger partial charge >= 0.3 is 5.97 Å². The standard InChI is InChI=1S/C8H11N3O3.Bi/c1-5(12)11-7(8(13)14)2-6-3-9-4-10-6;/h3-4,7H,2H2,1H3,(H,9,10)(H,11,12)(H,13,14);/t7-;/m0./s1. The number of aromatic amines is 1. The van der Waals surface area contributed by atoms with Gasteiger partial charge in [-0.1, -0.05) is 0 Å². The van der Waals surface area contributed by atoms with E-state index in [0.717, 1.165) is 0 Å². The molecule has 1 aromatic heterocycles. The number of nitrogens with zero attached hydrogens (tertiary/aromatic N) is 1. The number of carbonyl (C=O) groups excluding carboxylic acids is 1. The summed E-state index contributed by atoms with van der Waals surface area (Å²) < 4.78 is 0. The third-order valence-electron chi connectivity index (χ3n) is 1.65. The SMILES string of the molecule is CC(=O)N[C@@H](Cc1cnc[nH]1)C(=O)O.[Bi]. The summed E-state index contributed by atoms with van der Waals surface area (Å²) in [7, 11) is 0. The van der Waals surface area contributed by atoms with Gasteiger partial charge in [0.15, 0.2) is 0 Å². The smallest absolute Gasteiger partial charge is 0.326 e. The Labute approximate surface area is 106 Å². The molecular weight excluding hydrogens is 395 g/mol. The van der Waals surface area contributed by atoms with E-state index in [4.69, 9.17) is 5.11 Å². The topological polar surface area (TPSA) is 95.1 Å². The van der Waals surface area contributed by atoms with Gasteiger partial charge in [-0.05, 0) is 0 Å². The van der Waals surface area contributed by atoms with Crippen molar-refractivity contribution >= 4 is 38.1 Å². The first-order valence-corrected chi connectivity index (χ1v) is 4.06. The molecule has 81 valence electrons. The molecule has 0 aliphatic heterocycles. The molecule has 1 atom stereocenters. The van der Waals surface area contributed by atoms with E-state index in [2.05, 4.69) is 15.3 Å². The zero-order chi connectivity index (χ0) is 10.6. The number of H-pyrrole nitrogens is 1. The first kappa shape index (κ1) is 14.0. The summed E-state index contributed by atoms with van der Waals surface area (Å²) >= 11 is 0. The van der Waals surface area contributed by atoms with Crippen molar-refractivity contribution in [2.75, 3.05) is 0 Å². The minimum atomic E-state index is -1.06. The van der Waals surface area contributed by atoms with Gasteiger partial charge in [-0.25, -0.2) is 9.78 Å². The van der Waals surface area contributed by atoms with Gasteiger partial charge in [-0.15, -0.1) is 0 Å². The maximum absolute atomic E-state index is 10.7. The third kappa shape index (κ3) is 4.88. The van der Waals surface area contributed by atoms with Gasteiger partial charge in [-0.2, -0.15) is 0 Å². The summed E-state index contributed by atoms with van der Waals surface area (Å²) in [4.78, 5) is 27.9. The van der Waals surface area contributed by atoms with E-state index < -0.39 is 12.0 Å². The van der Waals surface area contributed by atoms with Crippen LogP contribution in [0.4, 0.5) is 0 Å². The Balaban J connectivity index is 0.00000196. The zero-order valence-electron chi connectivity index (χ0n) is 8.10. The van der Waals surface area contributed by atoms with Crippen LogP contribution in [0.5, 0.6) is 0 Å². The van der Waals surface area contributed by atoms with Crippen molar-refractivity contribution in [3.05, 3.63) is 18.2 Å². The molecule has 1 heterocycles. The molecule has 1 rings (SSSR count). The van der Waals surface area contributed by atoms with E-state index in [9.17, 15) is 9.59 Å². The fourth-order valence-corrected chi connectivity index (χ4v) is 1.06. The van der Waals surface area contributed by atoms with Crippen LogP contribution in [-0.4, -0.2) is 59.2 Å². The van der Waals surface area contributed by atoms with Crippen molar-refractivity contribution in [2.45, 2.75) is 19.4 Å². The van der Waals surface area contributed by atoms with Gasteiger partial charge in [0.1, 0.15) is 6.04 Å². The van der Waals surface area contributed by atoms with Crippen LogP contribution in [0.1, 0.15) is 12.6 Å². The Hall–Kier alpha value is -0.967. The Morgan fingerprint density at radius 2 is 2.33 bits per heavy atom. The van der Waals surface area contributed by atoms with E-state index in [1.54, 1.807) is 0 Å². The predicted octanol–water partition coefficient (Wildman–Crippen LogP) is -0.839. The number of rotatable bonds is 4. The number of carboxylic acids is 1. The number of amides is 1. The molecule has 0 spiro atoms. The van der Waals surface area contributed by atoms with Crippen molar-refractivity contribution in [1.29, 1.82) is 0 Å². The second-order valence-corrected chi connectivity index (χ2v) is 2.87. The summed E-state index contributed by atoms with van der Waals surface area (Å²) in [5.41, 5.74) is 0.672. The molecule has 0 saturated heterocycles. The monoisotopic (exact) mass is 406 g/mol. The first-order valence-electron chi connectivity index (χ1n) is 4.06. The zero-order valence-corrected chi connectivity index (χ0v) is 11.6. The number of carboxylic acid groups (broad SMARTS) is 1. The molecule has 1 amide bonds. The number of imidazole rings is 1. The van der Waals surface area contributed by atoms with Gasteiger partial charge in [0.2, 0.25) is 5.91 Å². The third-order valence-corrected chi connectivity index (χ3v) is 1.65. The fraction of sp³-hybridized carbons (Fsp3) is 0.375. The van der Waals surface area contributed by atoms with Crippen LogP contribution in [0.25, 0.3) is 0 Å². The van der Waals surface area contributed by atoms with Gasteiger partial charge in [-0.3, -0.25) is 4.79 Å². The maximum Gasteiger partial charge on any atom is 0.326 e. The number of aromatic nitrogens is 2. The minimum absolute atomic E-state index is 0. The van der Waals surface area contributed by atoms with E-state index in [0.29, 0.717) is 5.69 Å². The normalized spacial score (nSPS) is 11.3. The minimum Gasteiger partial charge on any atom is -0.480 e. The van der Waals surface area contributed by atoms with E-state index in [1.807, 2.05) is 0 Å². The molecule has 1 aromatic rings. The Morgan fingerprint density at radius 3 is 2.73 bits per heavy atom. The van der Waals surface area contributed by atoms with Crippen LogP contribution in [0, 0.1) is 0 Å². The quantitative estimate of drug-likeness (QED) is 0.569. The molecule has 0 saturated carbocycles. The van der Waals surface area contributed by atoms with E-state index >= 15 is 0 Å². The van der Waals surface area contributed by atoms with Crippen molar-refractivity contribution in [2.24, 2.45) is 0 Å². The van der Waals surface area contributed by atoms with Crippen LogP contribution < -0.4 is 5.32 Å². The molecule has 7 heteroatoms. The average Bonchev–Trinajstić information content (AvgIpc) is 2.54. The molecule has 0 fully saturated rings. The second kappa shape index (κ2) is 6.50. The summed E-state index contributed by atoms with van der Waals surface area (Å²) in [5, 5.41) is 11.1. The van der Waals surface area contributed by atoms with Crippen LogP contribution in [0.15, 0.2) is 12.5 Å². The summed E-state index contributed by atoms with van der Waals surface area (Å²) in [5.74, 6) is -1.42. The molecule has 0 unspecified atom stereocenters. The Bertz CT molecular complexity index is 326. The van der Waals surface area contributed by atoms with Crippen molar-refractivity contribution in [3.8, 4) is 0 Å². The van der Waals surface area contributed by atoms with Crippen LogP contribution in [-0.2, 0) is 16.0 Å². The first-order chi connectivity index (χ1) is 6.59. The van der Waals surface area contributed by atoms with Crippen molar-refractivity contribution in [3.63, 3.8) is 0 Å². The number of hydrogen-bond acceptors (Lipinski definition) is 3. The van der Waals surface area contributed by atoms with Gasteiger partial charge < -0.3 is 15.4 Å². The number of aliphatic carboxylic acids is 1. The molecule has 3 radical (unpaired) electrons. The average molecular weight is 406 g/mol. The van der Waals surface area contributed by atoms with Gasteiger partial charge in [0.25, 0.3) is 0 Å². The van der Waals surface area contributed by atoms with E-state index in [-0.39, 0.29) is 38.5 Å². The molecule has 0 bridgehead atoms. The molecule has 0 aliphatic carbocycles. The largest absolute Gasteiger partial charge is 0.480 e. The maximum atomic E-state index is 10.7. The molecule has 3 N–H and O–H groups in total. The molecule has 0 aliphatic rings. The van der Waals surface area contributed by atoms with E-state index in [1.165, 1.54) is 19.4 Å². The van der Waals surface area contributed by atoms with Crippen LogP contribution in [0.3, 0.4) is 0 Å². The fourth-order valence-electron chi connectivity index (χ4n) is 1.06. The Morgan fingerprint density at radius 1 is 1.67 bits per heavy atom. The Kier molecular flexibility index (Phi) is 6.09. The van der Waals surface area contributed by atoms with Crippen molar-refractivity contribution in [1.82, 2.24) is 15.3 Å². The summed E-state index contributed by atoms with van der Waals surface area (Å²) in [6, 6.07) is -0.909. The number of carbonyl (C=O) groups is 2. The van der Waals surface area contributed by atoms with Crippen molar-refractivity contribution < 1.29 is 14.7 Å². The molecule has 0 aromatic carbocycles. The predicted molar refractivity (Wildman–Crippen MR) is 53.3 cm³/mol. The van der Waals surface area contributed by atoms with Gasteiger partial charge in [0, 0.05) is 51.4 Å². The molecular formula is C8H11BiN3O3. The van der Waals surface area contributed by atoms with Gasteiger partial charge in [0.05, 0.1) is 6.33 Å². The summed E-state index contributed by atoms with van der Waals surface area (Å²) in [6.45, 7) is 1.28. The van der Waals surface area contributed by atoms with Crippen LogP contribution >= 0.6 is 0 Å². The molecule has 6 nitrogen and oxygen atoms in total.